The monoisotopic (exact) mass is 413 g/mol. The molecule has 1 atom stereocenters. The van der Waals surface area contributed by atoms with Gasteiger partial charge in [-0.1, -0.05) is 12.1 Å². The molecule has 27 heavy (non-hydrogen) atoms. The Morgan fingerprint density at radius 1 is 1.44 bits per heavy atom. The molecule has 1 fully saturated rings. The molecule has 2 aromatic rings. The highest BCUT2D eigenvalue weighted by molar-refractivity contribution is 7.91. The molecule has 0 spiro atoms. The molecule has 10 heteroatoms. The molecule has 2 aromatic heterocycles. The van der Waals surface area contributed by atoms with Gasteiger partial charge in [-0.2, -0.15) is 0 Å². The van der Waals surface area contributed by atoms with Gasteiger partial charge in [0.05, 0.1) is 11.5 Å². The largest absolute Gasteiger partial charge is 0.461 e. The van der Waals surface area contributed by atoms with E-state index in [9.17, 15) is 13.2 Å². The third kappa shape index (κ3) is 4.57. The Balaban J connectivity index is 1.68. The second-order valence-corrected chi connectivity index (χ2v) is 9.27. The maximum Gasteiger partial charge on any atom is 0.360 e. The van der Waals surface area contributed by atoms with Crippen LogP contribution in [0.15, 0.2) is 26.9 Å². The van der Waals surface area contributed by atoms with Crippen LogP contribution in [0.2, 0.25) is 0 Å². The van der Waals surface area contributed by atoms with Gasteiger partial charge >= 0.3 is 5.97 Å². The summed E-state index contributed by atoms with van der Waals surface area (Å²) in [6.07, 6.45) is 2.10. The van der Waals surface area contributed by atoms with Crippen molar-refractivity contribution >= 4 is 27.3 Å². The summed E-state index contributed by atoms with van der Waals surface area (Å²) in [6, 6.07) is 4.86. The van der Waals surface area contributed by atoms with Gasteiger partial charge in [0, 0.05) is 18.7 Å². The zero-order chi connectivity index (χ0) is 19.4. The highest BCUT2D eigenvalue weighted by Gasteiger charge is 2.26. The topological polar surface area (TPSA) is 102 Å². The quantitative estimate of drug-likeness (QED) is 0.663. The standard InChI is InChI=1S/C17H23N3O5S2/c1-3-20-9-5-6-12(20)11-18-27(22,23)16-8-7-15(26-16)14-10-13(19-25-14)17(21)24-4-2/h7-8,10,12,18H,3-6,9,11H2,1-2H3/t12-/m1/s1. The average Bonchev–Trinajstić information content (AvgIpc) is 3.39. The van der Waals surface area contributed by atoms with Crippen LogP contribution in [0, 0.1) is 0 Å². The lowest BCUT2D eigenvalue weighted by molar-refractivity contribution is 0.0514. The van der Waals surface area contributed by atoms with E-state index in [0.29, 0.717) is 17.2 Å². The number of hydrogen-bond donors (Lipinski definition) is 1. The molecule has 0 unspecified atom stereocenters. The molecule has 8 nitrogen and oxygen atoms in total. The fourth-order valence-corrected chi connectivity index (χ4v) is 5.48. The minimum absolute atomic E-state index is 0.0590. The molecular formula is C17H23N3O5S2. The van der Waals surface area contributed by atoms with E-state index in [1.165, 1.54) is 12.1 Å². The maximum absolute atomic E-state index is 12.6. The first kappa shape index (κ1) is 20.0. The fraction of sp³-hybridized carbons (Fsp3) is 0.529. The summed E-state index contributed by atoms with van der Waals surface area (Å²) in [5.41, 5.74) is 0.0590. The highest BCUT2D eigenvalue weighted by atomic mass is 32.2. The molecule has 3 rings (SSSR count). The molecule has 0 radical (unpaired) electrons. The van der Waals surface area contributed by atoms with Gasteiger partial charge in [-0.05, 0) is 45.0 Å². The van der Waals surface area contributed by atoms with Crippen LogP contribution < -0.4 is 4.72 Å². The Labute approximate surface area is 162 Å². The van der Waals surface area contributed by atoms with Crippen molar-refractivity contribution < 1.29 is 22.5 Å². The zero-order valence-electron chi connectivity index (χ0n) is 15.3. The lowest BCUT2D eigenvalue weighted by Gasteiger charge is -2.22. The molecule has 0 saturated carbocycles. The number of esters is 1. The summed E-state index contributed by atoms with van der Waals surface area (Å²) in [6.45, 7) is 6.36. The number of likely N-dealkylation sites (N-methyl/N-ethyl adjacent to an activating group) is 1. The van der Waals surface area contributed by atoms with Crippen molar-refractivity contribution in [3.63, 3.8) is 0 Å². The van der Waals surface area contributed by atoms with E-state index >= 15 is 0 Å². The van der Waals surface area contributed by atoms with Gasteiger partial charge in [-0.3, -0.25) is 4.90 Å². The van der Waals surface area contributed by atoms with Crippen LogP contribution in [0.25, 0.3) is 10.6 Å². The van der Waals surface area contributed by atoms with Crippen molar-refractivity contribution in [3.05, 3.63) is 23.9 Å². The second-order valence-electron chi connectivity index (χ2n) is 6.19. The molecule has 3 heterocycles. The maximum atomic E-state index is 12.6. The van der Waals surface area contributed by atoms with Gasteiger partial charge in [-0.25, -0.2) is 17.9 Å². The lowest BCUT2D eigenvalue weighted by atomic mass is 10.2. The number of nitrogens with zero attached hydrogens (tertiary/aromatic N) is 2. The van der Waals surface area contributed by atoms with Gasteiger partial charge in [0.25, 0.3) is 0 Å². The third-order valence-corrected chi connectivity index (χ3v) is 7.51. The van der Waals surface area contributed by atoms with Gasteiger partial charge in [-0.15, -0.1) is 11.3 Å². The first-order valence-electron chi connectivity index (χ1n) is 8.92. The Hall–Kier alpha value is -1.75. The fourth-order valence-electron chi connectivity index (χ4n) is 3.11. The SMILES string of the molecule is CCOC(=O)c1cc(-c2ccc(S(=O)(=O)NC[C@H]3CCCN3CC)s2)on1. The molecule has 148 valence electrons. The molecule has 1 saturated heterocycles. The average molecular weight is 414 g/mol. The Bertz CT molecular complexity index is 890. The summed E-state index contributed by atoms with van der Waals surface area (Å²) in [5.74, 6) is -0.243. The second kappa shape index (κ2) is 8.51. The van der Waals surface area contributed by atoms with Crippen molar-refractivity contribution in [3.8, 4) is 10.6 Å². The number of sulfonamides is 1. The molecule has 0 amide bonds. The van der Waals surface area contributed by atoms with Crippen molar-refractivity contribution in [1.82, 2.24) is 14.8 Å². The number of thiophene rings is 1. The van der Waals surface area contributed by atoms with E-state index in [1.54, 1.807) is 13.0 Å². The van der Waals surface area contributed by atoms with Gasteiger partial charge in [0.2, 0.25) is 10.0 Å². The lowest BCUT2D eigenvalue weighted by Crippen LogP contribution is -2.39. The predicted molar refractivity (Wildman–Crippen MR) is 101 cm³/mol. The van der Waals surface area contributed by atoms with Crippen LogP contribution in [-0.2, 0) is 14.8 Å². The molecule has 0 aromatic carbocycles. The first-order chi connectivity index (χ1) is 12.9. The Morgan fingerprint density at radius 2 is 2.26 bits per heavy atom. The Morgan fingerprint density at radius 3 is 3.00 bits per heavy atom. The Kier molecular flexibility index (Phi) is 6.30. The molecule has 1 aliphatic rings. The van der Waals surface area contributed by atoms with Gasteiger partial charge in [0.15, 0.2) is 11.5 Å². The summed E-state index contributed by atoms with van der Waals surface area (Å²) < 4.78 is 38.1. The smallest absolute Gasteiger partial charge is 0.360 e. The van der Waals surface area contributed by atoms with E-state index in [2.05, 4.69) is 21.7 Å². The molecular weight excluding hydrogens is 390 g/mol. The molecule has 1 N–H and O–H groups in total. The van der Waals surface area contributed by atoms with Gasteiger partial charge in [0.1, 0.15) is 4.21 Å². The number of carbonyl (C=O) groups excluding carboxylic acids is 1. The van der Waals surface area contributed by atoms with Crippen LogP contribution in [0.1, 0.15) is 37.2 Å². The zero-order valence-corrected chi connectivity index (χ0v) is 16.9. The number of likely N-dealkylation sites (tertiary alicyclic amines) is 1. The number of hydrogen-bond acceptors (Lipinski definition) is 8. The molecule has 0 bridgehead atoms. The number of ether oxygens (including phenoxy) is 1. The summed E-state index contributed by atoms with van der Waals surface area (Å²) in [7, 11) is -3.60. The van der Waals surface area contributed by atoms with Gasteiger partial charge < -0.3 is 9.26 Å². The summed E-state index contributed by atoms with van der Waals surface area (Å²) in [5, 5.41) is 3.68. The minimum atomic E-state index is -3.60. The van der Waals surface area contributed by atoms with Crippen molar-refractivity contribution in [1.29, 1.82) is 0 Å². The number of aromatic nitrogens is 1. The summed E-state index contributed by atoms with van der Waals surface area (Å²) >= 11 is 1.07. The highest BCUT2D eigenvalue weighted by Crippen LogP contribution is 2.31. The van der Waals surface area contributed by atoms with Crippen LogP contribution in [0.3, 0.4) is 0 Å². The molecule has 0 aliphatic carbocycles. The van der Waals surface area contributed by atoms with Crippen molar-refractivity contribution in [2.75, 3.05) is 26.2 Å². The summed E-state index contributed by atoms with van der Waals surface area (Å²) in [4.78, 5) is 14.5. The van der Waals surface area contributed by atoms with E-state index < -0.39 is 16.0 Å². The van der Waals surface area contributed by atoms with E-state index in [0.717, 1.165) is 37.3 Å². The first-order valence-corrected chi connectivity index (χ1v) is 11.2. The van der Waals surface area contributed by atoms with Crippen molar-refractivity contribution in [2.24, 2.45) is 0 Å². The number of carbonyl (C=O) groups is 1. The number of nitrogens with one attached hydrogen (secondary N) is 1. The van der Waals surface area contributed by atoms with Crippen LogP contribution in [0.5, 0.6) is 0 Å². The third-order valence-electron chi connectivity index (χ3n) is 4.50. The van der Waals surface area contributed by atoms with Crippen molar-refractivity contribution in [2.45, 2.75) is 36.9 Å². The van der Waals surface area contributed by atoms with E-state index in [-0.39, 0.29) is 22.6 Å². The predicted octanol–water partition coefficient (Wildman–Crippen LogP) is 2.34. The van der Waals surface area contributed by atoms with Crippen LogP contribution >= 0.6 is 11.3 Å². The van der Waals surface area contributed by atoms with Crippen LogP contribution in [0.4, 0.5) is 0 Å². The van der Waals surface area contributed by atoms with E-state index in [4.69, 9.17) is 9.26 Å². The van der Waals surface area contributed by atoms with E-state index in [1.807, 2.05) is 0 Å². The number of rotatable bonds is 8. The normalized spacial score (nSPS) is 18.1. The van der Waals surface area contributed by atoms with Crippen LogP contribution in [-0.4, -0.2) is 56.7 Å². The minimum Gasteiger partial charge on any atom is -0.461 e. The molecule has 1 aliphatic heterocycles.